The Hall–Kier alpha value is -4.14. The quantitative estimate of drug-likeness (QED) is 0.539. The molecule has 164 valence electrons. The standard InChI is InChI=1S/C23H22N4O5/c1-27-13-16(19(26-27)15-8-5-9-18-21(15)32-11-10-31-18)23(30)25-17(20(28)22(24)29)12-14-6-3-2-4-7-14/h2-9,13,17H,10-12H2,1H3,(H2,24,29)(H,25,30). The van der Waals surface area contributed by atoms with E-state index in [1.54, 1.807) is 43.6 Å². The zero-order valence-electron chi connectivity index (χ0n) is 17.4. The van der Waals surface area contributed by atoms with Crippen molar-refractivity contribution in [3.63, 3.8) is 0 Å². The lowest BCUT2D eigenvalue weighted by Crippen LogP contribution is -2.47. The van der Waals surface area contributed by atoms with Crippen LogP contribution in [0.15, 0.2) is 54.7 Å². The number of carbonyl (C=O) groups excluding carboxylic acids is 3. The maximum atomic E-state index is 13.2. The minimum absolute atomic E-state index is 0.127. The zero-order valence-corrected chi connectivity index (χ0v) is 17.4. The molecule has 1 aromatic heterocycles. The molecule has 1 aliphatic rings. The second-order valence-corrected chi connectivity index (χ2v) is 7.34. The molecule has 0 spiro atoms. The molecule has 9 nitrogen and oxygen atoms in total. The van der Waals surface area contributed by atoms with Crippen molar-refractivity contribution in [2.45, 2.75) is 12.5 Å². The molecule has 2 amide bonds. The molecule has 0 saturated carbocycles. The van der Waals surface area contributed by atoms with Gasteiger partial charge in [-0.15, -0.1) is 0 Å². The van der Waals surface area contributed by atoms with Crippen LogP contribution in [0.25, 0.3) is 11.3 Å². The number of aromatic nitrogens is 2. The fourth-order valence-corrected chi connectivity index (χ4v) is 3.58. The number of aryl methyl sites for hydroxylation is 1. The van der Waals surface area contributed by atoms with E-state index < -0.39 is 23.6 Å². The highest BCUT2D eigenvalue weighted by atomic mass is 16.6. The van der Waals surface area contributed by atoms with Crippen molar-refractivity contribution in [3.05, 3.63) is 65.9 Å². The van der Waals surface area contributed by atoms with Crippen molar-refractivity contribution in [1.82, 2.24) is 15.1 Å². The van der Waals surface area contributed by atoms with Crippen molar-refractivity contribution in [2.24, 2.45) is 12.8 Å². The van der Waals surface area contributed by atoms with Crippen LogP contribution < -0.4 is 20.5 Å². The summed E-state index contributed by atoms with van der Waals surface area (Å²) in [7, 11) is 1.68. The third-order valence-electron chi connectivity index (χ3n) is 5.04. The van der Waals surface area contributed by atoms with E-state index in [1.165, 1.54) is 4.68 Å². The first kappa shape index (κ1) is 21.1. The Balaban J connectivity index is 1.66. The molecule has 0 fully saturated rings. The Morgan fingerprint density at radius 1 is 1.09 bits per heavy atom. The summed E-state index contributed by atoms with van der Waals surface area (Å²) in [6.45, 7) is 0.813. The number of ketones is 1. The first-order valence-corrected chi connectivity index (χ1v) is 10.0. The molecule has 3 N–H and O–H groups in total. The van der Waals surface area contributed by atoms with E-state index in [9.17, 15) is 14.4 Å². The van der Waals surface area contributed by atoms with E-state index in [1.807, 2.05) is 18.2 Å². The molecule has 32 heavy (non-hydrogen) atoms. The number of Topliss-reactive ketones (excluding diaryl/α,β-unsaturated/α-hetero) is 1. The average molecular weight is 434 g/mol. The van der Waals surface area contributed by atoms with Gasteiger partial charge in [0.05, 0.1) is 5.56 Å². The van der Waals surface area contributed by atoms with Crippen LogP contribution in [-0.4, -0.2) is 46.6 Å². The summed E-state index contributed by atoms with van der Waals surface area (Å²) in [5.41, 5.74) is 7.19. The van der Waals surface area contributed by atoms with E-state index in [0.29, 0.717) is 36.0 Å². The van der Waals surface area contributed by atoms with Crippen LogP contribution in [0.3, 0.4) is 0 Å². The number of ether oxygens (including phenoxy) is 2. The van der Waals surface area contributed by atoms with Crippen LogP contribution in [0.2, 0.25) is 0 Å². The van der Waals surface area contributed by atoms with Crippen LogP contribution in [0.4, 0.5) is 0 Å². The SMILES string of the molecule is Cn1cc(C(=O)NC(Cc2ccccc2)C(=O)C(N)=O)c(-c2cccc3c2OCCO3)n1. The molecule has 0 saturated heterocycles. The molecular formula is C23H22N4O5. The third kappa shape index (κ3) is 4.31. The van der Waals surface area contributed by atoms with Gasteiger partial charge in [-0.1, -0.05) is 36.4 Å². The summed E-state index contributed by atoms with van der Waals surface area (Å²) in [6.07, 6.45) is 1.67. The van der Waals surface area contributed by atoms with Crippen molar-refractivity contribution >= 4 is 17.6 Å². The average Bonchev–Trinajstić information content (AvgIpc) is 3.20. The van der Waals surface area contributed by atoms with Gasteiger partial charge in [0.25, 0.3) is 11.8 Å². The van der Waals surface area contributed by atoms with Gasteiger partial charge >= 0.3 is 0 Å². The van der Waals surface area contributed by atoms with Crippen molar-refractivity contribution in [1.29, 1.82) is 0 Å². The van der Waals surface area contributed by atoms with E-state index in [4.69, 9.17) is 15.2 Å². The topological polar surface area (TPSA) is 126 Å². The lowest BCUT2D eigenvalue weighted by atomic mass is 10.0. The number of benzene rings is 2. The van der Waals surface area contributed by atoms with E-state index >= 15 is 0 Å². The number of rotatable bonds is 7. The molecular weight excluding hydrogens is 412 g/mol. The summed E-state index contributed by atoms with van der Waals surface area (Å²) in [4.78, 5) is 37.2. The van der Waals surface area contributed by atoms with E-state index in [0.717, 1.165) is 5.56 Å². The molecule has 4 rings (SSSR count). The molecule has 2 aromatic carbocycles. The van der Waals surface area contributed by atoms with Crippen LogP contribution in [-0.2, 0) is 23.1 Å². The number of nitrogens with zero attached hydrogens (tertiary/aromatic N) is 2. The normalized spacial score (nSPS) is 13.3. The number of para-hydroxylation sites is 1. The summed E-state index contributed by atoms with van der Waals surface area (Å²) < 4.78 is 12.9. The van der Waals surface area contributed by atoms with Gasteiger partial charge in [0.15, 0.2) is 11.5 Å². The monoisotopic (exact) mass is 434 g/mol. The van der Waals surface area contributed by atoms with Crippen LogP contribution in [0, 0.1) is 0 Å². The molecule has 3 aromatic rings. The van der Waals surface area contributed by atoms with Gasteiger partial charge in [0.1, 0.15) is 24.9 Å². The van der Waals surface area contributed by atoms with Gasteiger partial charge in [-0.05, 0) is 17.7 Å². The number of primary amides is 1. The third-order valence-corrected chi connectivity index (χ3v) is 5.04. The van der Waals surface area contributed by atoms with Crippen LogP contribution >= 0.6 is 0 Å². The van der Waals surface area contributed by atoms with E-state index in [2.05, 4.69) is 10.4 Å². The van der Waals surface area contributed by atoms with Gasteiger partial charge in [-0.3, -0.25) is 19.1 Å². The summed E-state index contributed by atoms with van der Waals surface area (Å²) >= 11 is 0. The predicted molar refractivity (Wildman–Crippen MR) is 115 cm³/mol. The largest absolute Gasteiger partial charge is 0.486 e. The molecule has 0 bridgehead atoms. The van der Waals surface area contributed by atoms with E-state index in [-0.39, 0.29) is 12.0 Å². The maximum Gasteiger partial charge on any atom is 0.287 e. The summed E-state index contributed by atoms with van der Waals surface area (Å²) in [6, 6.07) is 13.3. The number of amides is 2. The Kier molecular flexibility index (Phi) is 5.89. The van der Waals surface area contributed by atoms with Gasteiger partial charge < -0.3 is 20.5 Å². The highest BCUT2D eigenvalue weighted by Crippen LogP contribution is 2.40. The number of hydrogen-bond acceptors (Lipinski definition) is 6. The van der Waals surface area contributed by atoms with Gasteiger partial charge in [-0.25, -0.2) is 0 Å². The smallest absolute Gasteiger partial charge is 0.287 e. The van der Waals surface area contributed by atoms with Crippen LogP contribution in [0.1, 0.15) is 15.9 Å². The Labute approximate surface area is 184 Å². The minimum Gasteiger partial charge on any atom is -0.486 e. The molecule has 1 atom stereocenters. The second kappa shape index (κ2) is 8.93. The Morgan fingerprint density at radius 2 is 1.84 bits per heavy atom. The first-order chi connectivity index (χ1) is 15.4. The lowest BCUT2D eigenvalue weighted by Gasteiger charge is -2.21. The molecule has 1 unspecified atom stereocenters. The molecule has 2 heterocycles. The van der Waals surface area contributed by atoms with Gasteiger partial charge in [0.2, 0.25) is 5.78 Å². The molecule has 0 radical (unpaired) electrons. The minimum atomic E-state index is -1.11. The number of hydrogen-bond donors (Lipinski definition) is 2. The number of fused-ring (bicyclic) bond motifs is 1. The van der Waals surface area contributed by atoms with Gasteiger partial charge in [-0.2, -0.15) is 5.10 Å². The summed E-state index contributed by atoms with van der Waals surface area (Å²) in [5.74, 6) is -1.48. The molecule has 9 heteroatoms. The number of nitrogens with two attached hydrogens (primary N) is 1. The fourth-order valence-electron chi connectivity index (χ4n) is 3.58. The van der Waals surface area contributed by atoms with Crippen molar-refractivity contribution in [2.75, 3.05) is 13.2 Å². The number of nitrogens with one attached hydrogen (secondary N) is 1. The highest BCUT2D eigenvalue weighted by Gasteiger charge is 2.29. The second-order valence-electron chi connectivity index (χ2n) is 7.34. The van der Waals surface area contributed by atoms with Crippen molar-refractivity contribution < 1.29 is 23.9 Å². The summed E-state index contributed by atoms with van der Waals surface area (Å²) in [5, 5.41) is 7.08. The first-order valence-electron chi connectivity index (χ1n) is 10.0. The molecule has 0 aliphatic carbocycles. The van der Waals surface area contributed by atoms with Crippen LogP contribution in [0.5, 0.6) is 11.5 Å². The zero-order chi connectivity index (χ0) is 22.7. The van der Waals surface area contributed by atoms with Gasteiger partial charge in [0, 0.05) is 25.2 Å². The Bertz CT molecular complexity index is 1170. The fraction of sp³-hybridized carbons (Fsp3) is 0.217. The predicted octanol–water partition coefficient (Wildman–Crippen LogP) is 1.25. The maximum absolute atomic E-state index is 13.2. The van der Waals surface area contributed by atoms with Crippen molar-refractivity contribution in [3.8, 4) is 22.8 Å². The Morgan fingerprint density at radius 3 is 2.59 bits per heavy atom. The molecule has 1 aliphatic heterocycles. The lowest BCUT2D eigenvalue weighted by molar-refractivity contribution is -0.137. The highest BCUT2D eigenvalue weighted by molar-refractivity contribution is 6.38. The number of carbonyl (C=O) groups is 3.